The van der Waals surface area contributed by atoms with Crippen molar-refractivity contribution in [2.75, 3.05) is 39.3 Å². The maximum absolute atomic E-state index is 14.5. The van der Waals surface area contributed by atoms with Crippen LogP contribution in [0.3, 0.4) is 0 Å². The number of anilines is 1. The van der Waals surface area contributed by atoms with Crippen molar-refractivity contribution in [1.82, 2.24) is 10.2 Å². The number of nitrogens with zero attached hydrogens (tertiary/aromatic N) is 2. The van der Waals surface area contributed by atoms with Gasteiger partial charge in [-0.15, -0.1) is 0 Å². The number of carbonyl (C=O) groups is 2. The van der Waals surface area contributed by atoms with E-state index in [0.717, 1.165) is 46.4 Å². The SMILES string of the molecule is COc1ccc(OC)c(N(CC(=O)N(Cc2ccc(Br)cc2)C(C)C(=O)NC2CCCCC2)S(=O)(=O)c2ccc(OC)c(OC)c2)c1. The molecule has 0 bridgehead atoms. The molecular formula is C34H42BrN3O8S. The molecule has 11 nitrogen and oxygen atoms in total. The summed E-state index contributed by atoms with van der Waals surface area (Å²) in [5.41, 5.74) is 0.852. The summed E-state index contributed by atoms with van der Waals surface area (Å²) in [7, 11) is 1.28. The van der Waals surface area contributed by atoms with E-state index in [1.165, 1.54) is 57.6 Å². The molecule has 1 atom stereocenters. The van der Waals surface area contributed by atoms with Crippen molar-refractivity contribution in [2.45, 2.75) is 62.6 Å². The number of amides is 2. The van der Waals surface area contributed by atoms with Gasteiger partial charge in [-0.3, -0.25) is 13.9 Å². The first-order valence-corrected chi connectivity index (χ1v) is 17.6. The van der Waals surface area contributed by atoms with Gasteiger partial charge in [0.1, 0.15) is 24.1 Å². The van der Waals surface area contributed by atoms with Crippen molar-refractivity contribution in [3.8, 4) is 23.0 Å². The molecule has 3 aromatic carbocycles. The summed E-state index contributed by atoms with van der Waals surface area (Å²) in [5, 5.41) is 3.11. The second kappa shape index (κ2) is 16.2. The molecule has 1 N–H and O–H groups in total. The molecule has 0 heterocycles. The van der Waals surface area contributed by atoms with Crippen LogP contribution in [-0.2, 0) is 26.2 Å². The summed E-state index contributed by atoms with van der Waals surface area (Å²) < 4.78 is 52.4. The van der Waals surface area contributed by atoms with Gasteiger partial charge in [0, 0.05) is 29.2 Å². The molecule has 0 saturated heterocycles. The van der Waals surface area contributed by atoms with Crippen LogP contribution < -0.4 is 28.6 Å². The fourth-order valence-electron chi connectivity index (χ4n) is 5.55. The molecule has 0 aliphatic heterocycles. The first kappa shape index (κ1) is 35.9. The summed E-state index contributed by atoms with van der Waals surface area (Å²) in [6.45, 7) is 1.09. The van der Waals surface area contributed by atoms with E-state index in [4.69, 9.17) is 18.9 Å². The lowest BCUT2D eigenvalue weighted by Crippen LogP contribution is -2.53. The van der Waals surface area contributed by atoms with Crippen LogP contribution in [0.1, 0.15) is 44.6 Å². The van der Waals surface area contributed by atoms with Crippen LogP contribution in [0.5, 0.6) is 23.0 Å². The molecule has 1 saturated carbocycles. The van der Waals surface area contributed by atoms with Crippen molar-refractivity contribution < 1.29 is 37.0 Å². The number of sulfonamides is 1. The Morgan fingerprint density at radius 1 is 0.851 bits per heavy atom. The maximum atomic E-state index is 14.5. The molecule has 1 unspecified atom stereocenters. The zero-order valence-corrected chi connectivity index (χ0v) is 29.7. The van der Waals surface area contributed by atoms with Crippen molar-refractivity contribution in [2.24, 2.45) is 0 Å². The molecule has 13 heteroatoms. The lowest BCUT2D eigenvalue weighted by molar-refractivity contribution is -0.139. The number of nitrogens with one attached hydrogen (secondary N) is 1. The van der Waals surface area contributed by atoms with Gasteiger partial charge in [-0.05, 0) is 61.7 Å². The Kier molecular flexibility index (Phi) is 12.4. The van der Waals surface area contributed by atoms with Crippen LogP contribution in [0.2, 0.25) is 0 Å². The Labute approximate surface area is 285 Å². The standard InChI is InChI=1S/C34H42BrN3O8S/c1-23(34(40)36-26-9-7-6-8-10-26)37(21-24-11-13-25(35)14-12-24)33(39)22-38(29-19-27(43-2)15-17-30(29)44-3)47(41,42)28-16-18-31(45-4)32(20-28)46-5/h11-20,23,26H,6-10,21-22H2,1-5H3,(H,36,40). The Bertz CT molecular complexity index is 1650. The number of halogens is 1. The predicted molar refractivity (Wildman–Crippen MR) is 183 cm³/mol. The summed E-state index contributed by atoms with van der Waals surface area (Å²) in [6.07, 6.45) is 4.96. The minimum Gasteiger partial charge on any atom is -0.497 e. The molecule has 1 aliphatic rings. The molecule has 4 rings (SSSR count). The largest absolute Gasteiger partial charge is 0.497 e. The highest BCUT2D eigenvalue weighted by Gasteiger charge is 2.35. The van der Waals surface area contributed by atoms with Gasteiger partial charge in [-0.2, -0.15) is 0 Å². The van der Waals surface area contributed by atoms with Crippen LogP contribution in [0.4, 0.5) is 5.69 Å². The fraction of sp³-hybridized carbons (Fsp3) is 0.412. The summed E-state index contributed by atoms with van der Waals surface area (Å²) in [4.78, 5) is 29.3. The van der Waals surface area contributed by atoms with Gasteiger partial charge in [0.2, 0.25) is 11.8 Å². The van der Waals surface area contributed by atoms with E-state index in [0.29, 0.717) is 11.5 Å². The van der Waals surface area contributed by atoms with E-state index in [1.54, 1.807) is 19.1 Å². The third kappa shape index (κ3) is 8.69. The molecule has 2 amide bonds. The van der Waals surface area contributed by atoms with Crippen molar-refractivity contribution >= 4 is 43.5 Å². The van der Waals surface area contributed by atoms with Crippen molar-refractivity contribution in [3.05, 3.63) is 70.7 Å². The van der Waals surface area contributed by atoms with Crippen molar-refractivity contribution in [3.63, 3.8) is 0 Å². The van der Waals surface area contributed by atoms with Crippen molar-refractivity contribution in [1.29, 1.82) is 0 Å². The molecule has 47 heavy (non-hydrogen) atoms. The minimum absolute atomic E-state index is 0.0336. The minimum atomic E-state index is -4.44. The third-order valence-electron chi connectivity index (χ3n) is 8.26. The lowest BCUT2D eigenvalue weighted by atomic mass is 9.95. The second-order valence-corrected chi connectivity index (χ2v) is 14.0. The van der Waals surface area contributed by atoms with E-state index in [2.05, 4.69) is 21.2 Å². The summed E-state index contributed by atoms with van der Waals surface area (Å²) in [5.74, 6) is 0.204. The first-order chi connectivity index (χ1) is 22.5. The average molecular weight is 733 g/mol. The first-order valence-electron chi connectivity index (χ1n) is 15.3. The van der Waals surface area contributed by atoms with Gasteiger partial charge in [-0.25, -0.2) is 8.42 Å². The Balaban J connectivity index is 1.78. The number of carbonyl (C=O) groups excluding carboxylic acids is 2. The molecular weight excluding hydrogens is 690 g/mol. The van der Waals surface area contributed by atoms with Gasteiger partial charge in [0.25, 0.3) is 10.0 Å². The molecule has 3 aromatic rings. The van der Waals surface area contributed by atoms with E-state index in [9.17, 15) is 18.0 Å². The average Bonchev–Trinajstić information content (AvgIpc) is 3.09. The number of benzene rings is 3. The van der Waals surface area contributed by atoms with Gasteiger partial charge in [0.15, 0.2) is 11.5 Å². The normalized spacial score (nSPS) is 14.1. The Morgan fingerprint density at radius 3 is 2.11 bits per heavy atom. The highest BCUT2D eigenvalue weighted by atomic mass is 79.9. The monoisotopic (exact) mass is 731 g/mol. The Morgan fingerprint density at radius 2 is 1.49 bits per heavy atom. The second-order valence-electron chi connectivity index (χ2n) is 11.2. The molecule has 0 aromatic heterocycles. The third-order valence-corrected chi connectivity index (χ3v) is 10.5. The molecule has 1 fully saturated rings. The van der Waals surface area contributed by atoms with E-state index >= 15 is 0 Å². The number of hydrogen-bond acceptors (Lipinski definition) is 8. The van der Waals surface area contributed by atoms with Gasteiger partial charge in [0.05, 0.1) is 39.0 Å². The fourth-order valence-corrected chi connectivity index (χ4v) is 7.24. The van der Waals surface area contributed by atoms with E-state index in [-0.39, 0.29) is 40.6 Å². The topological polar surface area (TPSA) is 124 Å². The quantitative estimate of drug-likeness (QED) is 0.229. The summed E-state index contributed by atoms with van der Waals surface area (Å²) in [6, 6.07) is 15.4. The van der Waals surface area contributed by atoms with Gasteiger partial charge in [-0.1, -0.05) is 47.3 Å². The number of ether oxygens (including phenoxy) is 4. The van der Waals surface area contributed by atoms with Crippen LogP contribution >= 0.6 is 15.9 Å². The molecule has 1 aliphatic carbocycles. The smallest absolute Gasteiger partial charge is 0.265 e. The van der Waals surface area contributed by atoms with Gasteiger partial charge < -0.3 is 29.2 Å². The zero-order chi connectivity index (χ0) is 34.1. The van der Waals surface area contributed by atoms with Crippen LogP contribution in [0, 0.1) is 0 Å². The molecule has 254 valence electrons. The Hall–Kier alpha value is -3.97. The highest BCUT2D eigenvalue weighted by Crippen LogP contribution is 2.38. The van der Waals surface area contributed by atoms with Crippen LogP contribution in [0.15, 0.2) is 70.0 Å². The van der Waals surface area contributed by atoms with Gasteiger partial charge >= 0.3 is 0 Å². The number of methoxy groups -OCH3 is 4. The maximum Gasteiger partial charge on any atom is 0.265 e. The molecule has 0 spiro atoms. The summed E-state index contributed by atoms with van der Waals surface area (Å²) >= 11 is 3.44. The van der Waals surface area contributed by atoms with E-state index < -0.39 is 28.5 Å². The lowest BCUT2D eigenvalue weighted by Gasteiger charge is -2.33. The number of hydrogen-bond donors (Lipinski definition) is 1. The van der Waals surface area contributed by atoms with E-state index in [1.807, 2.05) is 24.3 Å². The zero-order valence-electron chi connectivity index (χ0n) is 27.3. The van der Waals surface area contributed by atoms with Crippen LogP contribution in [0.25, 0.3) is 0 Å². The predicted octanol–water partition coefficient (Wildman–Crippen LogP) is 5.55. The van der Waals surface area contributed by atoms with Crippen LogP contribution in [-0.4, -0.2) is 72.2 Å². The number of rotatable bonds is 14. The molecule has 0 radical (unpaired) electrons. The highest BCUT2D eigenvalue weighted by molar-refractivity contribution is 9.10.